The monoisotopic (exact) mass is 664 g/mol. The number of anilines is 2. The third kappa shape index (κ3) is 7.63. The number of fused-ring (bicyclic) bond motifs is 1. The highest BCUT2D eigenvalue weighted by Gasteiger charge is 2.21. The predicted molar refractivity (Wildman–Crippen MR) is 200 cm³/mol. The number of benzene rings is 2. The van der Waals surface area contributed by atoms with Crippen LogP contribution >= 0.6 is 33.2 Å². The fourth-order valence-corrected chi connectivity index (χ4v) is 10.2. The summed E-state index contributed by atoms with van der Waals surface area (Å²) in [6.07, 6.45) is 15.3. The first-order chi connectivity index (χ1) is 22.5. The van der Waals surface area contributed by atoms with Crippen molar-refractivity contribution in [2.75, 3.05) is 17.2 Å². The van der Waals surface area contributed by atoms with Gasteiger partial charge in [-0.1, -0.05) is 57.2 Å². The van der Waals surface area contributed by atoms with Crippen molar-refractivity contribution in [2.24, 2.45) is 0 Å². The van der Waals surface area contributed by atoms with Crippen LogP contribution < -0.4 is 4.90 Å². The van der Waals surface area contributed by atoms with Gasteiger partial charge in [0, 0.05) is 48.1 Å². The van der Waals surface area contributed by atoms with Gasteiger partial charge in [0.15, 0.2) is 0 Å². The summed E-state index contributed by atoms with van der Waals surface area (Å²) < 4.78 is 0. The number of hydrogen-bond acceptors (Lipinski definition) is 4. The van der Waals surface area contributed by atoms with Gasteiger partial charge >= 0.3 is 5.97 Å². The van der Waals surface area contributed by atoms with Crippen LogP contribution in [0.15, 0.2) is 83.4 Å². The molecular weight excluding hydrogens is 625 g/mol. The molecular formula is C39H40N2O2S3. The predicted octanol–water partition coefficient (Wildman–Crippen LogP) is 11.3. The molecule has 0 aliphatic carbocycles. The molecule has 7 heteroatoms. The number of carbonyl (C=O) groups is 1. The van der Waals surface area contributed by atoms with E-state index in [0.717, 1.165) is 33.3 Å². The van der Waals surface area contributed by atoms with E-state index >= 15 is 0 Å². The van der Waals surface area contributed by atoms with Gasteiger partial charge in [-0.15, -0.1) is 22.7 Å². The van der Waals surface area contributed by atoms with Crippen molar-refractivity contribution in [3.05, 3.63) is 111 Å². The van der Waals surface area contributed by atoms with Crippen LogP contribution in [0.4, 0.5) is 11.4 Å². The SMILES string of the molecule is [C-]#[N+]/C(=C\c1ccc(-c2ccc(C3=CC=S(c4ccc5c(c4)CCCN5c4ccc(CCCCCCCC)cc4)C3)s2)s1)C(=O)O. The van der Waals surface area contributed by atoms with Crippen molar-refractivity contribution in [1.29, 1.82) is 0 Å². The Kier molecular flexibility index (Phi) is 10.7. The van der Waals surface area contributed by atoms with Gasteiger partial charge < -0.3 is 10.0 Å². The first-order valence-corrected chi connectivity index (χ1v) is 19.4. The summed E-state index contributed by atoms with van der Waals surface area (Å²) in [6, 6.07) is 24.7. The number of aryl methyl sites for hydroxylation is 2. The minimum Gasteiger partial charge on any atom is -0.486 e. The van der Waals surface area contributed by atoms with Crippen molar-refractivity contribution >= 4 is 67.5 Å². The lowest BCUT2D eigenvalue weighted by atomic mass is 10.00. The highest BCUT2D eigenvalue weighted by molar-refractivity contribution is 8.16. The van der Waals surface area contributed by atoms with Crippen molar-refractivity contribution in [1.82, 2.24) is 0 Å². The molecule has 236 valence electrons. The largest absolute Gasteiger partial charge is 0.486 e. The van der Waals surface area contributed by atoms with Crippen LogP contribution in [0, 0.1) is 6.57 Å². The molecule has 2 aromatic heterocycles. The number of carboxylic acid groups (broad SMARTS) is 1. The topological polar surface area (TPSA) is 44.9 Å². The summed E-state index contributed by atoms with van der Waals surface area (Å²) in [6.45, 7) is 10.4. The zero-order valence-electron chi connectivity index (χ0n) is 26.3. The van der Waals surface area contributed by atoms with Crippen LogP contribution in [-0.2, 0) is 17.6 Å². The highest BCUT2D eigenvalue weighted by Crippen LogP contribution is 2.43. The molecule has 46 heavy (non-hydrogen) atoms. The number of unbranched alkanes of at least 4 members (excludes halogenated alkanes) is 5. The van der Waals surface area contributed by atoms with Gasteiger partial charge in [0.1, 0.15) is 0 Å². The molecule has 4 aromatic rings. The molecule has 0 amide bonds. The Morgan fingerprint density at radius 2 is 1.72 bits per heavy atom. The summed E-state index contributed by atoms with van der Waals surface area (Å²) in [7, 11) is 0.0535. The fourth-order valence-electron chi connectivity index (χ4n) is 6.18. The molecule has 0 spiro atoms. The van der Waals surface area contributed by atoms with E-state index in [1.807, 2.05) is 12.1 Å². The van der Waals surface area contributed by atoms with Crippen LogP contribution in [0.3, 0.4) is 0 Å². The summed E-state index contributed by atoms with van der Waals surface area (Å²) in [5.41, 5.74) is 6.68. The summed E-state index contributed by atoms with van der Waals surface area (Å²) in [5.74, 6) is -0.170. The third-order valence-corrected chi connectivity index (χ3v) is 13.0. The lowest BCUT2D eigenvalue weighted by Gasteiger charge is -2.32. The number of allylic oxidation sites excluding steroid dienone is 1. The van der Waals surface area contributed by atoms with E-state index in [0.29, 0.717) is 0 Å². The second-order valence-electron chi connectivity index (χ2n) is 11.9. The molecule has 2 aliphatic heterocycles. The Bertz CT molecular complexity index is 1830. The molecule has 6 rings (SSSR count). The molecule has 1 unspecified atom stereocenters. The first-order valence-electron chi connectivity index (χ1n) is 16.3. The molecule has 2 aromatic carbocycles. The van der Waals surface area contributed by atoms with E-state index < -0.39 is 5.97 Å². The molecule has 0 fully saturated rings. The molecule has 1 N–H and O–H groups in total. The van der Waals surface area contributed by atoms with E-state index in [-0.39, 0.29) is 16.2 Å². The molecule has 2 aliphatic rings. The maximum atomic E-state index is 11.2. The molecule has 0 saturated carbocycles. The zero-order chi connectivity index (χ0) is 31.9. The zero-order valence-corrected chi connectivity index (χ0v) is 28.8. The minimum atomic E-state index is -1.19. The summed E-state index contributed by atoms with van der Waals surface area (Å²) in [4.78, 5) is 22.6. The van der Waals surface area contributed by atoms with E-state index in [9.17, 15) is 9.90 Å². The van der Waals surface area contributed by atoms with E-state index in [1.54, 1.807) is 11.3 Å². The van der Waals surface area contributed by atoms with Gasteiger partial charge in [0.05, 0.1) is 6.57 Å². The van der Waals surface area contributed by atoms with Crippen LogP contribution in [-0.4, -0.2) is 28.7 Å². The van der Waals surface area contributed by atoms with Crippen molar-refractivity contribution in [2.45, 2.75) is 69.6 Å². The number of rotatable bonds is 13. The highest BCUT2D eigenvalue weighted by atomic mass is 32.2. The smallest absolute Gasteiger partial charge is 0.333 e. The lowest BCUT2D eigenvalue weighted by Crippen LogP contribution is -2.24. The first kappa shape index (κ1) is 32.2. The van der Waals surface area contributed by atoms with Crippen LogP contribution in [0.5, 0.6) is 0 Å². The molecule has 0 radical (unpaired) electrons. The maximum absolute atomic E-state index is 11.2. The van der Waals surface area contributed by atoms with Crippen molar-refractivity contribution in [3.63, 3.8) is 0 Å². The molecule has 0 saturated heterocycles. The van der Waals surface area contributed by atoms with E-state index in [2.05, 4.69) is 82.7 Å². The standard InChI is InChI=1S/C39H40N2O2S3/c1-3-4-5-6-7-8-10-28-12-14-31(15-13-28)41-23-9-11-29-25-33(17-18-35(29)41)46-24-22-30(27-46)36-20-21-38(45-36)37-19-16-32(44-37)26-34(40-2)39(42)43/h12-22,24-26H,3-11,23,27H2,1H3,(H,42,43)/b34-26-. The van der Waals surface area contributed by atoms with Crippen molar-refractivity contribution in [3.8, 4) is 9.75 Å². The van der Waals surface area contributed by atoms with E-state index in [4.69, 9.17) is 6.57 Å². The Balaban J connectivity index is 1.08. The normalized spacial score (nSPS) is 16.1. The molecule has 4 heterocycles. The Hall–Kier alpha value is -3.70. The quantitative estimate of drug-likeness (QED) is 0.0669. The van der Waals surface area contributed by atoms with Gasteiger partial charge in [-0.05, 0) is 108 Å². The number of thiophene rings is 2. The van der Waals surface area contributed by atoms with E-state index in [1.165, 1.54) is 107 Å². The third-order valence-electron chi connectivity index (χ3n) is 8.69. The molecule has 1 atom stereocenters. The van der Waals surface area contributed by atoms with Gasteiger partial charge in [0.2, 0.25) is 0 Å². The lowest BCUT2D eigenvalue weighted by molar-refractivity contribution is -0.132. The Morgan fingerprint density at radius 1 is 0.957 bits per heavy atom. The van der Waals surface area contributed by atoms with Crippen LogP contribution in [0.1, 0.15) is 72.8 Å². The average molecular weight is 665 g/mol. The van der Waals surface area contributed by atoms with Crippen LogP contribution in [0.2, 0.25) is 0 Å². The van der Waals surface area contributed by atoms with Crippen molar-refractivity contribution < 1.29 is 9.90 Å². The number of hydrogen-bond donors (Lipinski definition) is 1. The van der Waals surface area contributed by atoms with Gasteiger partial charge in [-0.3, -0.25) is 4.79 Å². The summed E-state index contributed by atoms with van der Waals surface area (Å²) >= 11 is 3.29. The Labute approximate surface area is 283 Å². The number of nitrogens with zero attached hydrogens (tertiary/aromatic N) is 2. The molecule has 0 bridgehead atoms. The molecule has 4 nitrogen and oxygen atoms in total. The van der Waals surface area contributed by atoms with Crippen LogP contribution in [0.25, 0.3) is 26.2 Å². The Morgan fingerprint density at radius 3 is 2.52 bits per heavy atom. The van der Waals surface area contributed by atoms with Gasteiger partial charge in [0.25, 0.3) is 5.70 Å². The fraction of sp³-hybridized carbons (Fsp3) is 0.308. The summed E-state index contributed by atoms with van der Waals surface area (Å²) in [5, 5.41) is 11.6. The van der Waals surface area contributed by atoms with Gasteiger partial charge in [-0.2, -0.15) is 10.5 Å². The number of carboxylic acids is 1. The second-order valence-corrected chi connectivity index (χ2v) is 16.0. The number of aliphatic carboxylic acids is 1. The average Bonchev–Trinajstić information content (AvgIpc) is 3.86. The van der Waals surface area contributed by atoms with Gasteiger partial charge in [-0.25, -0.2) is 4.85 Å². The minimum absolute atomic E-state index is 0.0535. The second kappa shape index (κ2) is 15.3. The maximum Gasteiger partial charge on any atom is 0.333 e.